The molecule has 186 valence electrons. The predicted octanol–water partition coefficient (Wildman–Crippen LogP) is 4.12. The van der Waals surface area contributed by atoms with E-state index in [0.717, 1.165) is 66.7 Å². The Morgan fingerprint density at radius 1 is 0.917 bits per heavy atom. The Morgan fingerprint density at radius 2 is 1.75 bits per heavy atom. The molecule has 3 aliphatic rings. The summed E-state index contributed by atoms with van der Waals surface area (Å²) in [5, 5.41) is 11.2. The third-order valence-corrected chi connectivity index (χ3v) is 7.48. The van der Waals surface area contributed by atoms with Crippen molar-refractivity contribution in [3.05, 3.63) is 59.8 Å². The molecule has 0 saturated carbocycles. The van der Waals surface area contributed by atoms with Gasteiger partial charge in [0.05, 0.1) is 5.52 Å². The quantitative estimate of drug-likeness (QED) is 0.528. The van der Waals surface area contributed by atoms with Crippen LogP contribution in [0.1, 0.15) is 54.6 Å². The third kappa shape index (κ3) is 5.10. The molecule has 2 saturated heterocycles. The summed E-state index contributed by atoms with van der Waals surface area (Å²) in [5.74, 6) is -0.206. The molecule has 2 N–H and O–H groups in total. The van der Waals surface area contributed by atoms with Crippen LogP contribution in [0.5, 0.6) is 0 Å². The molecule has 0 bridgehead atoms. The van der Waals surface area contributed by atoms with Crippen molar-refractivity contribution in [3.8, 4) is 11.1 Å². The van der Waals surface area contributed by atoms with Gasteiger partial charge in [0, 0.05) is 54.0 Å². The van der Waals surface area contributed by atoms with Crippen molar-refractivity contribution >= 4 is 22.5 Å². The highest BCUT2D eigenvalue weighted by molar-refractivity contribution is 6.06. The Morgan fingerprint density at radius 3 is 2.53 bits per heavy atom. The van der Waals surface area contributed by atoms with E-state index in [4.69, 9.17) is 0 Å². The van der Waals surface area contributed by atoms with Crippen LogP contribution in [0.4, 0.5) is 0 Å². The van der Waals surface area contributed by atoms with E-state index in [1.54, 1.807) is 6.20 Å². The number of nitrogens with zero attached hydrogens (tertiary/aromatic N) is 5. The molecule has 0 spiro atoms. The minimum atomic E-state index is -0.206. The van der Waals surface area contributed by atoms with E-state index in [1.165, 1.54) is 50.0 Å². The number of allylic oxidation sites excluding steroid dienone is 1. The van der Waals surface area contributed by atoms with Gasteiger partial charge in [-0.25, -0.2) is 0 Å². The molecule has 0 atom stereocenters. The number of aromatic nitrogens is 3. The lowest BCUT2D eigenvalue weighted by Gasteiger charge is -2.31. The molecule has 1 amide bonds. The van der Waals surface area contributed by atoms with Gasteiger partial charge in [-0.05, 0) is 87.6 Å². The molecular formula is C28H33N7O. The van der Waals surface area contributed by atoms with E-state index in [1.807, 2.05) is 24.5 Å². The summed E-state index contributed by atoms with van der Waals surface area (Å²) in [7, 11) is 0. The van der Waals surface area contributed by atoms with Gasteiger partial charge >= 0.3 is 0 Å². The summed E-state index contributed by atoms with van der Waals surface area (Å²) in [6, 6.07) is 8.29. The van der Waals surface area contributed by atoms with Crippen LogP contribution in [0, 0.1) is 0 Å². The number of amides is 1. The first-order chi connectivity index (χ1) is 17.7. The van der Waals surface area contributed by atoms with Crippen LogP contribution in [-0.4, -0.2) is 69.3 Å². The topological polar surface area (TPSA) is 89.5 Å². The molecule has 3 aliphatic heterocycles. The van der Waals surface area contributed by atoms with Gasteiger partial charge in [0.1, 0.15) is 0 Å². The molecule has 0 aliphatic carbocycles. The standard InChI is InChI=1S/C28H33N7O/c36-28(31-23-6-7-24(30-17-23)19-35-11-4-12-35)27-25-14-21(5-8-26(25)32-33-27)22-13-20(15-29-16-22)18-34-9-2-1-3-10-34/h5,8,13-17H,1-4,6-7,9-12,18-19H2,(H,31,36)(H,32,33). The first kappa shape index (κ1) is 23.1. The molecule has 8 nitrogen and oxygen atoms in total. The Kier molecular flexibility index (Phi) is 6.61. The number of likely N-dealkylation sites (tertiary alicyclic amines) is 2. The number of hydrogen-bond acceptors (Lipinski definition) is 6. The van der Waals surface area contributed by atoms with Gasteiger partial charge in [-0.15, -0.1) is 0 Å². The molecule has 3 aromatic rings. The predicted molar refractivity (Wildman–Crippen MR) is 142 cm³/mol. The van der Waals surface area contributed by atoms with Crippen molar-refractivity contribution in [3.63, 3.8) is 0 Å². The van der Waals surface area contributed by atoms with Crippen molar-refractivity contribution in [2.75, 3.05) is 32.7 Å². The van der Waals surface area contributed by atoms with E-state index in [2.05, 4.69) is 47.4 Å². The zero-order valence-corrected chi connectivity index (χ0v) is 20.7. The minimum absolute atomic E-state index is 0.206. The Hall–Kier alpha value is -3.36. The van der Waals surface area contributed by atoms with E-state index in [9.17, 15) is 4.79 Å². The molecule has 8 heteroatoms. The summed E-state index contributed by atoms with van der Waals surface area (Å²) in [6.07, 6.45) is 12.5. The lowest BCUT2D eigenvalue weighted by Crippen LogP contribution is -2.41. The average molecular weight is 484 g/mol. The lowest BCUT2D eigenvalue weighted by molar-refractivity contribution is 0.0961. The third-order valence-electron chi connectivity index (χ3n) is 7.48. The smallest absolute Gasteiger partial charge is 0.276 e. The normalized spacial score (nSPS) is 19.0. The van der Waals surface area contributed by atoms with Gasteiger partial charge < -0.3 is 5.32 Å². The highest BCUT2D eigenvalue weighted by atomic mass is 16.2. The Bertz CT molecular complexity index is 1310. The second-order valence-electron chi connectivity index (χ2n) is 10.2. The number of carbonyl (C=O) groups excluding carboxylic acids is 1. The number of nitrogens with one attached hydrogen (secondary N) is 2. The fraction of sp³-hybridized carbons (Fsp3) is 0.429. The summed E-state index contributed by atoms with van der Waals surface area (Å²) >= 11 is 0. The fourth-order valence-corrected chi connectivity index (χ4v) is 5.27. The Balaban J connectivity index is 1.18. The molecule has 6 rings (SSSR count). The molecule has 0 unspecified atom stereocenters. The number of H-pyrrole nitrogens is 1. The maximum absolute atomic E-state index is 13.1. The molecule has 5 heterocycles. The molecular weight excluding hydrogens is 450 g/mol. The van der Waals surface area contributed by atoms with Crippen LogP contribution < -0.4 is 5.32 Å². The van der Waals surface area contributed by atoms with Crippen LogP contribution in [0.3, 0.4) is 0 Å². The maximum Gasteiger partial charge on any atom is 0.276 e. The number of benzene rings is 1. The molecule has 1 aromatic carbocycles. The Labute approximate surface area is 211 Å². The van der Waals surface area contributed by atoms with E-state index in [-0.39, 0.29) is 5.91 Å². The number of hydrogen-bond donors (Lipinski definition) is 2. The van der Waals surface area contributed by atoms with E-state index < -0.39 is 0 Å². The second kappa shape index (κ2) is 10.3. The SMILES string of the molecule is O=C(NC1=CN=C(CN2CCC2)CC1)c1n[nH]c2ccc(-c3cncc(CN4CCCCC4)c3)cc12. The summed E-state index contributed by atoms with van der Waals surface area (Å²) in [4.78, 5) is 27.1. The van der Waals surface area contributed by atoms with Gasteiger partial charge in [0.25, 0.3) is 5.91 Å². The van der Waals surface area contributed by atoms with Crippen molar-refractivity contribution in [2.45, 2.75) is 45.1 Å². The molecule has 0 radical (unpaired) electrons. The highest BCUT2D eigenvalue weighted by Crippen LogP contribution is 2.26. The van der Waals surface area contributed by atoms with Crippen LogP contribution >= 0.6 is 0 Å². The zero-order valence-electron chi connectivity index (χ0n) is 20.7. The van der Waals surface area contributed by atoms with Crippen molar-refractivity contribution < 1.29 is 4.79 Å². The van der Waals surface area contributed by atoms with Crippen LogP contribution in [0.25, 0.3) is 22.0 Å². The van der Waals surface area contributed by atoms with E-state index in [0.29, 0.717) is 5.69 Å². The summed E-state index contributed by atoms with van der Waals surface area (Å²) < 4.78 is 0. The first-order valence-electron chi connectivity index (χ1n) is 13.1. The van der Waals surface area contributed by atoms with Crippen LogP contribution in [0.2, 0.25) is 0 Å². The minimum Gasteiger partial charge on any atom is -0.323 e. The van der Waals surface area contributed by atoms with Crippen molar-refractivity contribution in [1.29, 1.82) is 0 Å². The van der Waals surface area contributed by atoms with E-state index >= 15 is 0 Å². The van der Waals surface area contributed by atoms with Crippen molar-refractivity contribution in [1.82, 2.24) is 30.3 Å². The second-order valence-corrected chi connectivity index (χ2v) is 10.2. The van der Waals surface area contributed by atoms with Gasteiger partial charge in [0.15, 0.2) is 5.69 Å². The number of carbonyl (C=O) groups is 1. The van der Waals surface area contributed by atoms with Crippen molar-refractivity contribution in [2.24, 2.45) is 4.99 Å². The number of aliphatic imine (C=N–C) groups is 1. The summed E-state index contributed by atoms with van der Waals surface area (Å²) in [6.45, 7) is 6.52. The van der Waals surface area contributed by atoms with Gasteiger partial charge in [-0.1, -0.05) is 12.5 Å². The van der Waals surface area contributed by atoms with Gasteiger partial charge in [-0.3, -0.25) is 29.7 Å². The monoisotopic (exact) mass is 483 g/mol. The number of piperidine rings is 1. The largest absolute Gasteiger partial charge is 0.323 e. The lowest BCUT2D eigenvalue weighted by atomic mass is 10.0. The van der Waals surface area contributed by atoms with Gasteiger partial charge in [-0.2, -0.15) is 5.10 Å². The molecule has 36 heavy (non-hydrogen) atoms. The highest BCUT2D eigenvalue weighted by Gasteiger charge is 2.20. The average Bonchev–Trinajstić information content (AvgIpc) is 3.31. The van der Waals surface area contributed by atoms with Gasteiger partial charge in [0.2, 0.25) is 0 Å². The molecule has 2 aromatic heterocycles. The first-order valence-corrected chi connectivity index (χ1v) is 13.1. The summed E-state index contributed by atoms with van der Waals surface area (Å²) in [5.41, 5.74) is 6.58. The number of rotatable bonds is 7. The number of pyridine rings is 1. The number of fused-ring (bicyclic) bond motifs is 1. The molecule has 2 fully saturated rings. The fourth-order valence-electron chi connectivity index (χ4n) is 5.27. The van der Waals surface area contributed by atoms with Crippen LogP contribution in [-0.2, 0) is 6.54 Å². The van der Waals surface area contributed by atoms with Crippen LogP contribution in [0.15, 0.2) is 53.5 Å². The zero-order chi connectivity index (χ0) is 24.3. The number of aromatic amines is 1. The maximum atomic E-state index is 13.1.